The first-order chi connectivity index (χ1) is 15.5. The predicted octanol–water partition coefficient (Wildman–Crippen LogP) is 5.14. The number of amides is 2. The molecule has 4 rings (SSSR count). The minimum absolute atomic E-state index is 0.124. The van der Waals surface area contributed by atoms with Crippen LogP contribution >= 0.6 is 11.8 Å². The first-order valence-corrected chi connectivity index (χ1v) is 11.2. The van der Waals surface area contributed by atoms with Gasteiger partial charge in [0.2, 0.25) is 5.91 Å². The summed E-state index contributed by atoms with van der Waals surface area (Å²) in [5, 5.41) is 5.51. The molecule has 2 N–H and O–H groups in total. The van der Waals surface area contributed by atoms with E-state index in [0.717, 1.165) is 10.5 Å². The molecule has 1 aliphatic heterocycles. The van der Waals surface area contributed by atoms with Gasteiger partial charge in [-0.3, -0.25) is 9.59 Å². The number of carbonyl (C=O) groups is 2. The quantitative estimate of drug-likeness (QED) is 0.511. The summed E-state index contributed by atoms with van der Waals surface area (Å²) in [6.45, 7) is 4.77. The fourth-order valence-electron chi connectivity index (χ4n) is 3.30. The molecule has 7 heteroatoms. The Morgan fingerprint density at radius 3 is 2.44 bits per heavy atom. The molecule has 0 spiro atoms. The van der Waals surface area contributed by atoms with Crippen molar-refractivity contribution in [3.05, 3.63) is 77.9 Å². The number of carbonyl (C=O) groups excluding carboxylic acids is 2. The summed E-state index contributed by atoms with van der Waals surface area (Å²) < 4.78 is 11.1. The molecule has 0 aliphatic carbocycles. The maximum Gasteiger partial charge on any atom is 0.255 e. The predicted molar refractivity (Wildman–Crippen MR) is 127 cm³/mol. The van der Waals surface area contributed by atoms with Crippen LogP contribution in [-0.2, 0) is 4.79 Å². The lowest BCUT2D eigenvalue weighted by atomic mass is 10.1. The van der Waals surface area contributed by atoms with Gasteiger partial charge in [-0.25, -0.2) is 0 Å². The Bertz CT molecular complexity index is 1150. The fourth-order valence-corrected chi connectivity index (χ4v) is 4.22. The summed E-state index contributed by atoms with van der Waals surface area (Å²) in [5.74, 6) is 1.03. The average molecular weight is 449 g/mol. The third kappa shape index (κ3) is 5.23. The van der Waals surface area contributed by atoms with Gasteiger partial charge in [-0.1, -0.05) is 24.3 Å². The molecule has 1 unspecified atom stereocenters. The van der Waals surface area contributed by atoms with Gasteiger partial charge < -0.3 is 20.1 Å². The van der Waals surface area contributed by atoms with E-state index in [1.807, 2.05) is 56.3 Å². The van der Waals surface area contributed by atoms with E-state index in [-0.39, 0.29) is 17.1 Å². The van der Waals surface area contributed by atoms with Crippen LogP contribution in [0.1, 0.15) is 22.8 Å². The lowest BCUT2D eigenvalue weighted by Crippen LogP contribution is -2.22. The van der Waals surface area contributed by atoms with Crippen LogP contribution in [0, 0.1) is 6.92 Å². The molecule has 0 fully saturated rings. The van der Waals surface area contributed by atoms with Gasteiger partial charge in [0.15, 0.2) is 11.5 Å². The van der Waals surface area contributed by atoms with E-state index >= 15 is 0 Å². The summed E-state index contributed by atoms with van der Waals surface area (Å²) in [6.07, 6.45) is 0. The van der Waals surface area contributed by atoms with Crippen LogP contribution in [0.15, 0.2) is 71.6 Å². The molecular weight excluding hydrogens is 424 g/mol. The second-order valence-corrected chi connectivity index (χ2v) is 8.82. The Labute approximate surface area is 191 Å². The zero-order valence-electron chi connectivity index (χ0n) is 17.9. The number of hydrogen-bond donors (Lipinski definition) is 2. The standard InChI is InChI=1S/C25H24N2O4S/c1-16-6-3-4-9-21(16)25(29)27-18-7-5-8-20(14-18)32-17(2)24(28)26-19-10-11-22-23(15-19)31-13-12-30-22/h3-11,14-15,17H,12-13H2,1-2H3,(H,26,28)(H,27,29). The van der Waals surface area contributed by atoms with Gasteiger partial charge in [0.05, 0.1) is 5.25 Å². The van der Waals surface area contributed by atoms with Gasteiger partial charge in [-0.15, -0.1) is 11.8 Å². The van der Waals surface area contributed by atoms with Crippen LogP contribution in [0.5, 0.6) is 11.5 Å². The van der Waals surface area contributed by atoms with Crippen molar-refractivity contribution < 1.29 is 19.1 Å². The molecule has 3 aromatic rings. The normalized spacial score (nSPS) is 13.2. The molecule has 0 bridgehead atoms. The topological polar surface area (TPSA) is 76.7 Å². The van der Waals surface area contributed by atoms with Crippen molar-refractivity contribution in [1.82, 2.24) is 0 Å². The molecule has 0 aromatic heterocycles. The number of ether oxygens (including phenoxy) is 2. The molecule has 32 heavy (non-hydrogen) atoms. The Kier molecular flexibility index (Phi) is 6.66. The number of hydrogen-bond acceptors (Lipinski definition) is 5. The summed E-state index contributed by atoms with van der Waals surface area (Å²) in [5.41, 5.74) is 2.89. The molecular formula is C25H24N2O4S. The lowest BCUT2D eigenvalue weighted by Gasteiger charge is -2.19. The second kappa shape index (κ2) is 9.78. The van der Waals surface area contributed by atoms with Crippen LogP contribution in [0.25, 0.3) is 0 Å². The lowest BCUT2D eigenvalue weighted by molar-refractivity contribution is -0.115. The minimum Gasteiger partial charge on any atom is -0.486 e. The SMILES string of the molecule is Cc1ccccc1C(=O)Nc1cccc(SC(C)C(=O)Nc2ccc3c(c2)OCCO3)c1. The number of rotatable bonds is 6. The van der Waals surface area contributed by atoms with Gasteiger partial charge in [0.25, 0.3) is 5.91 Å². The van der Waals surface area contributed by atoms with Crippen molar-refractivity contribution in [1.29, 1.82) is 0 Å². The summed E-state index contributed by atoms with van der Waals surface area (Å²) in [7, 11) is 0. The van der Waals surface area contributed by atoms with E-state index in [1.165, 1.54) is 11.8 Å². The van der Waals surface area contributed by atoms with Crippen molar-refractivity contribution in [2.24, 2.45) is 0 Å². The zero-order chi connectivity index (χ0) is 22.5. The molecule has 164 valence electrons. The van der Waals surface area contributed by atoms with Gasteiger partial charge in [0.1, 0.15) is 13.2 Å². The van der Waals surface area contributed by atoms with E-state index in [9.17, 15) is 9.59 Å². The average Bonchev–Trinajstić information content (AvgIpc) is 2.79. The van der Waals surface area contributed by atoms with Crippen molar-refractivity contribution in [2.45, 2.75) is 24.0 Å². The molecule has 3 aromatic carbocycles. The third-order valence-electron chi connectivity index (χ3n) is 4.97. The molecule has 0 saturated heterocycles. The molecule has 1 atom stereocenters. The molecule has 2 amide bonds. The highest BCUT2D eigenvalue weighted by atomic mass is 32.2. The zero-order valence-corrected chi connectivity index (χ0v) is 18.7. The Hall–Kier alpha value is -3.45. The third-order valence-corrected chi connectivity index (χ3v) is 6.07. The van der Waals surface area contributed by atoms with Crippen LogP contribution in [0.3, 0.4) is 0 Å². The fraction of sp³-hybridized carbons (Fsp3) is 0.200. The first kappa shape index (κ1) is 21.8. The highest BCUT2D eigenvalue weighted by Gasteiger charge is 2.17. The highest BCUT2D eigenvalue weighted by molar-refractivity contribution is 8.00. The first-order valence-electron chi connectivity index (χ1n) is 10.3. The Morgan fingerprint density at radius 1 is 0.875 bits per heavy atom. The number of benzene rings is 3. The molecule has 1 heterocycles. The monoisotopic (exact) mass is 448 g/mol. The van der Waals surface area contributed by atoms with Crippen molar-refractivity contribution in [3.63, 3.8) is 0 Å². The van der Waals surface area contributed by atoms with Crippen molar-refractivity contribution >= 4 is 35.0 Å². The number of anilines is 2. The summed E-state index contributed by atoms with van der Waals surface area (Å²) >= 11 is 1.42. The van der Waals surface area contributed by atoms with Crippen molar-refractivity contribution in [3.8, 4) is 11.5 Å². The summed E-state index contributed by atoms with van der Waals surface area (Å²) in [4.78, 5) is 26.2. The molecule has 6 nitrogen and oxygen atoms in total. The number of fused-ring (bicyclic) bond motifs is 1. The van der Waals surface area contributed by atoms with E-state index < -0.39 is 0 Å². The highest BCUT2D eigenvalue weighted by Crippen LogP contribution is 2.33. The van der Waals surface area contributed by atoms with Crippen LogP contribution in [-0.4, -0.2) is 30.3 Å². The Balaban J connectivity index is 1.38. The van der Waals surface area contributed by atoms with Crippen LogP contribution in [0.4, 0.5) is 11.4 Å². The Morgan fingerprint density at radius 2 is 1.62 bits per heavy atom. The van der Waals surface area contributed by atoms with E-state index in [0.29, 0.717) is 41.7 Å². The van der Waals surface area contributed by atoms with Crippen LogP contribution < -0.4 is 20.1 Å². The van der Waals surface area contributed by atoms with E-state index in [4.69, 9.17) is 9.47 Å². The largest absolute Gasteiger partial charge is 0.486 e. The second-order valence-electron chi connectivity index (χ2n) is 7.40. The van der Waals surface area contributed by atoms with Crippen molar-refractivity contribution in [2.75, 3.05) is 23.8 Å². The molecule has 0 radical (unpaired) electrons. The van der Waals surface area contributed by atoms with E-state index in [1.54, 1.807) is 24.3 Å². The van der Waals surface area contributed by atoms with E-state index in [2.05, 4.69) is 10.6 Å². The molecule has 0 saturated carbocycles. The number of aryl methyl sites for hydroxylation is 1. The number of thioether (sulfide) groups is 1. The van der Waals surface area contributed by atoms with Gasteiger partial charge in [-0.05, 0) is 55.8 Å². The number of nitrogens with one attached hydrogen (secondary N) is 2. The summed E-state index contributed by atoms with van der Waals surface area (Å²) in [6, 6.07) is 20.3. The van der Waals surface area contributed by atoms with Gasteiger partial charge >= 0.3 is 0 Å². The van der Waals surface area contributed by atoms with Gasteiger partial charge in [-0.2, -0.15) is 0 Å². The smallest absolute Gasteiger partial charge is 0.255 e. The van der Waals surface area contributed by atoms with Crippen LogP contribution in [0.2, 0.25) is 0 Å². The maximum absolute atomic E-state index is 12.7. The minimum atomic E-state index is -0.342. The molecule has 1 aliphatic rings. The maximum atomic E-state index is 12.7. The van der Waals surface area contributed by atoms with Gasteiger partial charge in [0, 0.05) is 27.9 Å².